The van der Waals surface area contributed by atoms with Crippen LogP contribution in [0.4, 0.5) is 4.79 Å². The molecule has 0 aromatic carbocycles. The summed E-state index contributed by atoms with van der Waals surface area (Å²) < 4.78 is 0. The highest BCUT2D eigenvalue weighted by Crippen LogP contribution is 2.43. The van der Waals surface area contributed by atoms with Crippen LogP contribution in [0.5, 0.6) is 0 Å². The minimum atomic E-state index is -0.789. The number of hydrogen-bond acceptors (Lipinski definition) is 3. The van der Waals surface area contributed by atoms with E-state index in [0.717, 1.165) is 25.8 Å². The standard InChI is InChI=1S/C13H25N3O3/c1-10(8-16(2)3)15-12(19)14-9-13(5-4-6-13)7-11(17)18/h10H,4-9H2,1-3H3,(H,17,18)(H2,14,15,19). The normalized spacial score (nSPS) is 18.5. The molecule has 0 aromatic heterocycles. The van der Waals surface area contributed by atoms with Crippen LogP contribution in [0.2, 0.25) is 0 Å². The second-order valence-corrected chi connectivity index (χ2v) is 5.91. The van der Waals surface area contributed by atoms with E-state index in [1.807, 2.05) is 25.9 Å². The van der Waals surface area contributed by atoms with E-state index < -0.39 is 5.97 Å². The van der Waals surface area contributed by atoms with E-state index >= 15 is 0 Å². The zero-order valence-corrected chi connectivity index (χ0v) is 12.0. The molecule has 0 aromatic rings. The number of hydrogen-bond donors (Lipinski definition) is 3. The van der Waals surface area contributed by atoms with E-state index in [2.05, 4.69) is 10.6 Å². The van der Waals surface area contributed by atoms with Crippen molar-refractivity contribution in [2.75, 3.05) is 27.2 Å². The van der Waals surface area contributed by atoms with Gasteiger partial charge in [-0.05, 0) is 39.3 Å². The van der Waals surface area contributed by atoms with Gasteiger partial charge in [-0.2, -0.15) is 0 Å². The van der Waals surface area contributed by atoms with Crippen molar-refractivity contribution in [3.05, 3.63) is 0 Å². The molecule has 1 aliphatic carbocycles. The maximum atomic E-state index is 11.7. The van der Waals surface area contributed by atoms with E-state index in [1.165, 1.54) is 0 Å². The molecule has 1 saturated carbocycles. The van der Waals surface area contributed by atoms with Crippen molar-refractivity contribution in [2.45, 2.75) is 38.6 Å². The first-order chi connectivity index (χ1) is 8.83. The highest BCUT2D eigenvalue weighted by molar-refractivity contribution is 5.74. The number of nitrogens with one attached hydrogen (secondary N) is 2. The van der Waals surface area contributed by atoms with Crippen LogP contribution in [0.3, 0.4) is 0 Å². The van der Waals surface area contributed by atoms with Crippen molar-refractivity contribution < 1.29 is 14.7 Å². The summed E-state index contributed by atoms with van der Waals surface area (Å²) in [6.45, 7) is 3.16. The fourth-order valence-corrected chi connectivity index (χ4v) is 2.55. The number of likely N-dealkylation sites (N-methyl/N-ethyl adjacent to an activating group) is 1. The van der Waals surface area contributed by atoms with Crippen molar-refractivity contribution in [2.24, 2.45) is 5.41 Å². The minimum absolute atomic E-state index is 0.0619. The molecule has 19 heavy (non-hydrogen) atoms. The number of carbonyl (C=O) groups is 2. The van der Waals surface area contributed by atoms with Crippen molar-refractivity contribution >= 4 is 12.0 Å². The Labute approximate surface area is 114 Å². The van der Waals surface area contributed by atoms with Crippen molar-refractivity contribution in [1.82, 2.24) is 15.5 Å². The lowest BCUT2D eigenvalue weighted by Crippen LogP contribution is -2.49. The topological polar surface area (TPSA) is 81.7 Å². The predicted molar refractivity (Wildman–Crippen MR) is 73.1 cm³/mol. The van der Waals surface area contributed by atoms with Crippen LogP contribution in [-0.4, -0.2) is 55.2 Å². The first-order valence-corrected chi connectivity index (χ1v) is 6.74. The van der Waals surface area contributed by atoms with Crippen LogP contribution in [0.25, 0.3) is 0 Å². The van der Waals surface area contributed by atoms with Crippen molar-refractivity contribution in [1.29, 1.82) is 0 Å². The molecule has 6 nitrogen and oxygen atoms in total. The van der Waals surface area contributed by atoms with Gasteiger partial charge >= 0.3 is 12.0 Å². The summed E-state index contributed by atoms with van der Waals surface area (Å²) >= 11 is 0. The average molecular weight is 271 g/mol. The molecule has 0 saturated heterocycles. The Bertz CT molecular complexity index is 327. The van der Waals surface area contributed by atoms with Gasteiger partial charge in [0.25, 0.3) is 0 Å². The Morgan fingerprint density at radius 1 is 1.37 bits per heavy atom. The Morgan fingerprint density at radius 3 is 2.42 bits per heavy atom. The number of carboxylic acid groups (broad SMARTS) is 1. The third-order valence-corrected chi connectivity index (χ3v) is 3.58. The summed E-state index contributed by atoms with van der Waals surface area (Å²) in [5, 5.41) is 14.5. The quantitative estimate of drug-likeness (QED) is 0.642. The SMILES string of the molecule is CC(CN(C)C)NC(=O)NCC1(CC(=O)O)CCC1. The minimum Gasteiger partial charge on any atom is -0.481 e. The number of nitrogens with zero attached hydrogens (tertiary/aromatic N) is 1. The van der Waals surface area contributed by atoms with E-state index in [0.29, 0.717) is 6.54 Å². The van der Waals surface area contributed by atoms with Gasteiger partial charge in [0.1, 0.15) is 0 Å². The highest BCUT2D eigenvalue weighted by atomic mass is 16.4. The number of carboxylic acids is 1. The molecule has 0 heterocycles. The van der Waals surface area contributed by atoms with Crippen LogP contribution in [0.1, 0.15) is 32.6 Å². The largest absolute Gasteiger partial charge is 0.481 e. The van der Waals surface area contributed by atoms with Gasteiger partial charge in [0.2, 0.25) is 0 Å². The van der Waals surface area contributed by atoms with Crippen LogP contribution >= 0.6 is 0 Å². The van der Waals surface area contributed by atoms with Gasteiger partial charge in [0.15, 0.2) is 0 Å². The van der Waals surface area contributed by atoms with Crippen LogP contribution in [-0.2, 0) is 4.79 Å². The van der Waals surface area contributed by atoms with E-state index in [4.69, 9.17) is 5.11 Å². The van der Waals surface area contributed by atoms with E-state index in [9.17, 15) is 9.59 Å². The van der Waals surface area contributed by atoms with Gasteiger partial charge in [-0.15, -0.1) is 0 Å². The molecule has 0 aliphatic heterocycles. The van der Waals surface area contributed by atoms with E-state index in [-0.39, 0.29) is 23.9 Å². The Kier molecular flexibility index (Phi) is 5.60. The number of urea groups is 1. The van der Waals surface area contributed by atoms with Gasteiger partial charge in [-0.1, -0.05) is 6.42 Å². The zero-order valence-electron chi connectivity index (χ0n) is 12.0. The second kappa shape index (κ2) is 6.75. The second-order valence-electron chi connectivity index (χ2n) is 5.91. The third-order valence-electron chi connectivity index (χ3n) is 3.58. The molecule has 6 heteroatoms. The Hall–Kier alpha value is -1.30. The Balaban J connectivity index is 2.30. The predicted octanol–water partition coefficient (Wildman–Crippen LogP) is 0.881. The number of amides is 2. The molecule has 0 spiro atoms. The fraction of sp³-hybridized carbons (Fsp3) is 0.846. The van der Waals surface area contributed by atoms with Gasteiger partial charge in [-0.25, -0.2) is 4.79 Å². The summed E-state index contributed by atoms with van der Waals surface area (Å²) in [5.41, 5.74) is -0.228. The molecule has 3 N–H and O–H groups in total. The molecular formula is C13H25N3O3. The first-order valence-electron chi connectivity index (χ1n) is 6.74. The fourth-order valence-electron chi connectivity index (χ4n) is 2.55. The van der Waals surface area contributed by atoms with Crippen molar-refractivity contribution in [3.8, 4) is 0 Å². The van der Waals surface area contributed by atoms with Gasteiger partial charge in [0, 0.05) is 19.1 Å². The summed E-state index contributed by atoms with van der Waals surface area (Å²) in [5.74, 6) is -0.789. The molecule has 1 atom stereocenters. The molecule has 1 fully saturated rings. The lowest BCUT2D eigenvalue weighted by atomic mass is 9.66. The molecule has 110 valence electrons. The number of carbonyl (C=O) groups excluding carboxylic acids is 1. The average Bonchev–Trinajstić information content (AvgIpc) is 2.19. The van der Waals surface area contributed by atoms with Crippen LogP contribution < -0.4 is 10.6 Å². The molecule has 0 bridgehead atoms. The lowest BCUT2D eigenvalue weighted by Gasteiger charge is -2.40. The van der Waals surface area contributed by atoms with Crippen molar-refractivity contribution in [3.63, 3.8) is 0 Å². The molecule has 2 amide bonds. The number of rotatable bonds is 7. The summed E-state index contributed by atoms with van der Waals surface area (Å²) in [6.07, 6.45) is 2.95. The van der Waals surface area contributed by atoms with Crippen LogP contribution in [0, 0.1) is 5.41 Å². The van der Waals surface area contributed by atoms with Gasteiger partial charge < -0.3 is 20.6 Å². The molecule has 1 unspecified atom stereocenters. The van der Waals surface area contributed by atoms with Gasteiger partial charge in [0.05, 0.1) is 6.42 Å². The molecule has 1 aliphatic rings. The Morgan fingerprint density at radius 2 is 2.00 bits per heavy atom. The highest BCUT2D eigenvalue weighted by Gasteiger charge is 2.39. The van der Waals surface area contributed by atoms with Crippen LogP contribution in [0.15, 0.2) is 0 Å². The molecule has 0 radical (unpaired) electrons. The first kappa shape index (κ1) is 15.8. The number of aliphatic carboxylic acids is 1. The maximum Gasteiger partial charge on any atom is 0.315 e. The monoisotopic (exact) mass is 271 g/mol. The summed E-state index contributed by atoms with van der Waals surface area (Å²) in [7, 11) is 3.90. The zero-order chi connectivity index (χ0) is 14.5. The molecule has 1 rings (SSSR count). The summed E-state index contributed by atoms with van der Waals surface area (Å²) in [4.78, 5) is 24.5. The lowest BCUT2D eigenvalue weighted by molar-refractivity contribution is -0.141. The summed E-state index contributed by atoms with van der Waals surface area (Å²) in [6, 6.07) is -0.155. The van der Waals surface area contributed by atoms with Gasteiger partial charge in [-0.3, -0.25) is 4.79 Å². The third kappa shape index (κ3) is 5.46. The molecular weight excluding hydrogens is 246 g/mol. The van der Waals surface area contributed by atoms with E-state index in [1.54, 1.807) is 0 Å². The maximum absolute atomic E-state index is 11.7. The smallest absolute Gasteiger partial charge is 0.315 e.